The van der Waals surface area contributed by atoms with Gasteiger partial charge in [0.05, 0.1) is 18.3 Å². The van der Waals surface area contributed by atoms with Crippen LogP contribution in [0.3, 0.4) is 0 Å². The normalized spacial score (nSPS) is 22.0. The van der Waals surface area contributed by atoms with Crippen molar-refractivity contribution in [2.75, 3.05) is 11.6 Å². The van der Waals surface area contributed by atoms with Crippen LogP contribution < -0.4 is 10.6 Å². The molecule has 0 saturated carbocycles. The second-order valence-electron chi connectivity index (χ2n) is 3.95. The Hall–Kier alpha value is -1.01. The van der Waals surface area contributed by atoms with Crippen LogP contribution in [0.4, 0.5) is 0 Å². The molecule has 1 aromatic heterocycles. The number of nitrogens with zero attached hydrogens (tertiary/aromatic N) is 2. The predicted molar refractivity (Wildman–Crippen MR) is 64.0 cm³/mol. The van der Waals surface area contributed by atoms with E-state index in [0.29, 0.717) is 0 Å². The molecule has 1 aliphatic heterocycles. The molecule has 1 fully saturated rings. The zero-order chi connectivity index (χ0) is 11.5. The lowest BCUT2D eigenvalue weighted by molar-refractivity contribution is -0.123. The summed E-state index contributed by atoms with van der Waals surface area (Å²) >= 11 is 1.75. The number of nitrogens with one attached hydrogen (secondary N) is 2. The average Bonchev–Trinajstić information content (AvgIpc) is 2.87. The molecule has 0 bridgehead atoms. The first-order valence-electron chi connectivity index (χ1n) is 5.27. The molecule has 6 heteroatoms. The molecule has 2 rings (SSSR count). The minimum absolute atomic E-state index is 0.00796. The van der Waals surface area contributed by atoms with Crippen LogP contribution in [0.25, 0.3) is 0 Å². The van der Waals surface area contributed by atoms with E-state index >= 15 is 0 Å². The Morgan fingerprint density at radius 1 is 1.81 bits per heavy atom. The van der Waals surface area contributed by atoms with Gasteiger partial charge in [-0.3, -0.25) is 14.8 Å². The molecule has 0 radical (unpaired) electrons. The first-order chi connectivity index (χ1) is 7.66. The van der Waals surface area contributed by atoms with Crippen molar-refractivity contribution in [2.24, 2.45) is 7.05 Å². The van der Waals surface area contributed by atoms with E-state index in [0.717, 1.165) is 17.2 Å². The first-order valence-corrected chi connectivity index (χ1v) is 6.42. The van der Waals surface area contributed by atoms with Gasteiger partial charge in [-0.05, 0) is 6.92 Å². The minimum atomic E-state index is -0.0517. The van der Waals surface area contributed by atoms with E-state index in [9.17, 15) is 4.79 Å². The van der Waals surface area contributed by atoms with E-state index in [-0.39, 0.29) is 18.0 Å². The molecule has 2 atom stereocenters. The molecule has 0 spiro atoms. The maximum atomic E-state index is 11.8. The highest BCUT2D eigenvalue weighted by molar-refractivity contribution is 7.99. The summed E-state index contributed by atoms with van der Waals surface area (Å²) in [6, 6.07) is -0.0438. The molecular weight excluding hydrogens is 224 g/mol. The first kappa shape index (κ1) is 11.5. The lowest BCUT2D eigenvalue weighted by Crippen LogP contribution is -2.42. The van der Waals surface area contributed by atoms with Gasteiger partial charge in [0.2, 0.25) is 5.91 Å². The lowest BCUT2D eigenvalue weighted by Gasteiger charge is -2.15. The number of rotatable bonds is 3. The third-order valence-corrected chi connectivity index (χ3v) is 3.56. The van der Waals surface area contributed by atoms with Gasteiger partial charge in [0.15, 0.2) is 0 Å². The van der Waals surface area contributed by atoms with Gasteiger partial charge in [0.25, 0.3) is 0 Å². The van der Waals surface area contributed by atoms with Gasteiger partial charge in [-0.2, -0.15) is 5.10 Å². The van der Waals surface area contributed by atoms with Crippen molar-refractivity contribution >= 4 is 17.7 Å². The van der Waals surface area contributed by atoms with E-state index in [2.05, 4.69) is 15.7 Å². The highest BCUT2D eigenvalue weighted by Gasteiger charge is 2.23. The summed E-state index contributed by atoms with van der Waals surface area (Å²) in [5.41, 5.74) is 1.03. The number of thioether (sulfide) groups is 1. The van der Waals surface area contributed by atoms with Gasteiger partial charge in [-0.15, -0.1) is 11.8 Å². The molecule has 0 aromatic carbocycles. The van der Waals surface area contributed by atoms with Gasteiger partial charge in [0, 0.05) is 30.4 Å². The van der Waals surface area contributed by atoms with E-state index < -0.39 is 0 Å². The summed E-state index contributed by atoms with van der Waals surface area (Å²) in [5.74, 6) is 1.78. The van der Waals surface area contributed by atoms with Crippen LogP contribution in [0.5, 0.6) is 0 Å². The molecule has 88 valence electrons. The van der Waals surface area contributed by atoms with E-state index in [1.54, 1.807) is 22.6 Å². The Kier molecular flexibility index (Phi) is 3.50. The number of aryl methyl sites for hydroxylation is 1. The summed E-state index contributed by atoms with van der Waals surface area (Å²) < 4.78 is 1.74. The van der Waals surface area contributed by atoms with Gasteiger partial charge in [0.1, 0.15) is 0 Å². The third-order valence-electron chi connectivity index (χ3n) is 2.62. The van der Waals surface area contributed by atoms with Crippen LogP contribution in [0.1, 0.15) is 18.5 Å². The zero-order valence-electron chi connectivity index (χ0n) is 9.43. The number of aromatic nitrogens is 2. The van der Waals surface area contributed by atoms with E-state index in [1.807, 2.05) is 20.2 Å². The van der Waals surface area contributed by atoms with Crippen LogP contribution in [-0.2, 0) is 11.8 Å². The highest BCUT2D eigenvalue weighted by Crippen LogP contribution is 2.13. The van der Waals surface area contributed by atoms with Crippen LogP contribution in [0, 0.1) is 0 Å². The molecular formula is C10H16N4OS. The molecule has 1 saturated heterocycles. The number of amides is 1. The quantitative estimate of drug-likeness (QED) is 0.795. The van der Waals surface area contributed by atoms with Gasteiger partial charge < -0.3 is 5.32 Å². The Labute approximate surface area is 99.0 Å². The molecule has 2 heterocycles. The molecule has 0 aliphatic carbocycles. The number of carbonyl (C=O) groups is 1. The van der Waals surface area contributed by atoms with Crippen molar-refractivity contribution in [3.05, 3.63) is 18.0 Å². The Morgan fingerprint density at radius 3 is 3.19 bits per heavy atom. The fourth-order valence-electron chi connectivity index (χ4n) is 1.62. The van der Waals surface area contributed by atoms with Gasteiger partial charge >= 0.3 is 0 Å². The molecule has 1 amide bonds. The van der Waals surface area contributed by atoms with Crippen LogP contribution in [0.15, 0.2) is 12.4 Å². The molecule has 5 nitrogen and oxygen atoms in total. The van der Waals surface area contributed by atoms with Gasteiger partial charge in [-0.1, -0.05) is 0 Å². The Morgan fingerprint density at radius 2 is 2.62 bits per heavy atom. The topological polar surface area (TPSA) is 59.0 Å². The summed E-state index contributed by atoms with van der Waals surface area (Å²) in [4.78, 5) is 11.8. The smallest absolute Gasteiger partial charge is 0.238 e. The molecule has 16 heavy (non-hydrogen) atoms. The number of carbonyl (C=O) groups excluding carboxylic acids is 1. The van der Waals surface area contributed by atoms with Crippen molar-refractivity contribution in [3.63, 3.8) is 0 Å². The second-order valence-corrected chi connectivity index (χ2v) is 4.98. The van der Waals surface area contributed by atoms with Crippen molar-refractivity contribution < 1.29 is 4.79 Å². The number of hydrogen-bond acceptors (Lipinski definition) is 4. The maximum Gasteiger partial charge on any atom is 0.238 e. The van der Waals surface area contributed by atoms with Crippen molar-refractivity contribution in [1.29, 1.82) is 0 Å². The standard InChI is InChI=1S/C10H16N4OS/c1-7(8-3-12-14(2)4-8)13-10(15)9-5-16-6-11-9/h3-4,7,9,11H,5-6H2,1-2H3,(H,13,15). The third kappa shape index (κ3) is 2.56. The predicted octanol–water partition coefficient (Wildman–Crippen LogP) is 0.260. The Balaban J connectivity index is 1.91. The average molecular weight is 240 g/mol. The molecule has 2 N–H and O–H groups in total. The van der Waals surface area contributed by atoms with Crippen LogP contribution >= 0.6 is 11.8 Å². The fourth-order valence-corrected chi connectivity index (χ4v) is 2.57. The summed E-state index contributed by atoms with van der Waals surface area (Å²) in [7, 11) is 1.87. The maximum absolute atomic E-state index is 11.8. The Bertz CT molecular complexity index is 373. The van der Waals surface area contributed by atoms with Gasteiger partial charge in [-0.25, -0.2) is 0 Å². The number of hydrogen-bond donors (Lipinski definition) is 2. The fraction of sp³-hybridized carbons (Fsp3) is 0.600. The minimum Gasteiger partial charge on any atom is -0.348 e. The summed E-state index contributed by atoms with van der Waals surface area (Å²) in [5, 5.41) is 10.2. The summed E-state index contributed by atoms with van der Waals surface area (Å²) in [6.07, 6.45) is 3.70. The van der Waals surface area contributed by atoms with Crippen LogP contribution in [0.2, 0.25) is 0 Å². The largest absolute Gasteiger partial charge is 0.348 e. The van der Waals surface area contributed by atoms with E-state index in [1.165, 1.54) is 0 Å². The van der Waals surface area contributed by atoms with Crippen molar-refractivity contribution in [2.45, 2.75) is 19.0 Å². The van der Waals surface area contributed by atoms with Crippen molar-refractivity contribution in [1.82, 2.24) is 20.4 Å². The molecule has 1 aromatic rings. The molecule has 2 unspecified atom stereocenters. The molecule has 1 aliphatic rings. The summed E-state index contributed by atoms with van der Waals surface area (Å²) in [6.45, 7) is 1.97. The SMILES string of the molecule is CC(NC(=O)C1CSCN1)c1cnn(C)c1. The monoisotopic (exact) mass is 240 g/mol. The van der Waals surface area contributed by atoms with Crippen LogP contribution in [-0.4, -0.2) is 33.4 Å². The zero-order valence-corrected chi connectivity index (χ0v) is 10.3. The highest BCUT2D eigenvalue weighted by atomic mass is 32.2. The van der Waals surface area contributed by atoms with E-state index in [4.69, 9.17) is 0 Å². The lowest BCUT2D eigenvalue weighted by atomic mass is 10.2. The second kappa shape index (κ2) is 4.88. The van der Waals surface area contributed by atoms with Crippen molar-refractivity contribution in [3.8, 4) is 0 Å².